The molecule has 234 valence electrons. The Bertz CT molecular complexity index is 1520. The molecule has 1 atom stereocenters. The average molecular weight is 591 g/mol. The molecule has 0 aliphatic heterocycles. The zero-order valence-corrected chi connectivity index (χ0v) is 28.5. The van der Waals surface area contributed by atoms with Gasteiger partial charge in [-0.25, -0.2) is 0 Å². The summed E-state index contributed by atoms with van der Waals surface area (Å²) in [5, 5.41) is 1.21. The van der Waals surface area contributed by atoms with Gasteiger partial charge < -0.3 is 15.6 Å². The van der Waals surface area contributed by atoms with Crippen molar-refractivity contribution >= 4 is 28.4 Å². The third-order valence-corrected chi connectivity index (χ3v) is 6.67. The van der Waals surface area contributed by atoms with Gasteiger partial charge in [0.2, 0.25) is 0 Å². The second-order valence-electron chi connectivity index (χ2n) is 9.93. The maximum atomic E-state index is 5.77. The van der Waals surface area contributed by atoms with Crippen LogP contribution in [0.4, 0.5) is 5.69 Å². The molecule has 4 rings (SSSR count). The molecule has 0 radical (unpaired) electrons. The van der Waals surface area contributed by atoms with Gasteiger partial charge in [-0.2, -0.15) is 0 Å². The van der Waals surface area contributed by atoms with E-state index >= 15 is 0 Å². The molecular formula is C40H54N4. The number of aromatic amines is 1. The standard InChI is InChI=1S/C23H26N2.C13H16N2.2C2H6/c1-6-8-12-18(3)19-15-20(22-13-9-10-14-24-22)17-21(16-19)23(11-7-2)25(4)5;1-3-4-5-12-9(2)11-8-10(14)6-7-13(11)15-12;2*1-2/h6-18H,1-2H2,3-5H3;4-8,15H,3,14H2,1-2H3;2*1-2H3/b12-8-,23-11-;5-4-;;. The van der Waals surface area contributed by atoms with Gasteiger partial charge in [0.05, 0.1) is 5.69 Å². The molecule has 2 aromatic heterocycles. The lowest BCUT2D eigenvalue weighted by atomic mass is 9.93. The van der Waals surface area contributed by atoms with Gasteiger partial charge in [0.25, 0.3) is 0 Å². The maximum absolute atomic E-state index is 5.77. The second kappa shape index (κ2) is 20.4. The summed E-state index contributed by atoms with van der Waals surface area (Å²) in [7, 11) is 4.09. The minimum absolute atomic E-state index is 0.285. The summed E-state index contributed by atoms with van der Waals surface area (Å²) < 4.78 is 0. The van der Waals surface area contributed by atoms with Crippen molar-refractivity contribution in [3.8, 4) is 11.3 Å². The van der Waals surface area contributed by atoms with E-state index in [0.717, 1.165) is 40.1 Å². The minimum atomic E-state index is 0.285. The Hall–Kier alpha value is -4.57. The van der Waals surface area contributed by atoms with Crippen LogP contribution in [0.1, 0.15) is 76.3 Å². The predicted octanol–water partition coefficient (Wildman–Crippen LogP) is 11.2. The summed E-state index contributed by atoms with van der Waals surface area (Å²) in [4.78, 5) is 10.0. The van der Waals surface area contributed by atoms with Crippen LogP contribution in [0.5, 0.6) is 0 Å². The van der Waals surface area contributed by atoms with E-state index in [0.29, 0.717) is 0 Å². The molecule has 0 aliphatic rings. The monoisotopic (exact) mass is 590 g/mol. The molecule has 4 heteroatoms. The summed E-state index contributed by atoms with van der Waals surface area (Å²) in [5.74, 6) is 0.285. The zero-order valence-electron chi connectivity index (χ0n) is 28.5. The molecule has 4 aromatic rings. The molecule has 0 saturated carbocycles. The Morgan fingerprint density at radius 3 is 2.32 bits per heavy atom. The number of rotatable bonds is 9. The predicted molar refractivity (Wildman–Crippen MR) is 199 cm³/mol. The molecule has 0 fully saturated rings. The van der Waals surface area contributed by atoms with Gasteiger partial charge >= 0.3 is 0 Å². The van der Waals surface area contributed by atoms with Crippen LogP contribution in [0.25, 0.3) is 33.9 Å². The number of hydrogen-bond donors (Lipinski definition) is 2. The van der Waals surface area contributed by atoms with Crippen molar-refractivity contribution in [2.75, 3.05) is 19.8 Å². The van der Waals surface area contributed by atoms with Gasteiger partial charge in [0.1, 0.15) is 0 Å². The highest BCUT2D eigenvalue weighted by Gasteiger charge is 2.12. The van der Waals surface area contributed by atoms with Crippen LogP contribution in [0.3, 0.4) is 0 Å². The number of anilines is 1. The number of pyridine rings is 1. The molecule has 3 N–H and O–H groups in total. The lowest BCUT2D eigenvalue weighted by Crippen LogP contribution is -2.10. The van der Waals surface area contributed by atoms with Crippen molar-refractivity contribution < 1.29 is 0 Å². The van der Waals surface area contributed by atoms with Crippen LogP contribution in [0.2, 0.25) is 0 Å². The smallest absolute Gasteiger partial charge is 0.0702 e. The highest BCUT2D eigenvalue weighted by atomic mass is 15.1. The molecule has 2 heterocycles. The first-order chi connectivity index (χ1) is 21.3. The molecule has 4 nitrogen and oxygen atoms in total. The highest BCUT2D eigenvalue weighted by Crippen LogP contribution is 2.30. The lowest BCUT2D eigenvalue weighted by Gasteiger charge is -2.20. The summed E-state index contributed by atoms with van der Waals surface area (Å²) in [6, 6.07) is 18.6. The van der Waals surface area contributed by atoms with E-state index in [1.807, 2.05) is 109 Å². The summed E-state index contributed by atoms with van der Waals surface area (Å²) in [5.41, 5.74) is 15.8. The number of nitrogens with one attached hydrogen (secondary N) is 1. The van der Waals surface area contributed by atoms with E-state index in [9.17, 15) is 0 Å². The molecule has 0 aliphatic carbocycles. The fourth-order valence-electron chi connectivity index (χ4n) is 4.48. The number of allylic oxidation sites excluding steroid dienone is 6. The van der Waals surface area contributed by atoms with Gasteiger partial charge in [0, 0.05) is 53.8 Å². The first kappa shape index (κ1) is 37.5. The highest BCUT2D eigenvalue weighted by molar-refractivity contribution is 5.89. The molecular weight excluding hydrogens is 536 g/mol. The van der Waals surface area contributed by atoms with Crippen LogP contribution in [0.15, 0.2) is 110 Å². The van der Waals surface area contributed by atoms with E-state index in [4.69, 9.17) is 5.73 Å². The molecule has 44 heavy (non-hydrogen) atoms. The first-order valence-electron chi connectivity index (χ1n) is 15.7. The number of aromatic nitrogens is 2. The van der Waals surface area contributed by atoms with Crippen molar-refractivity contribution in [1.29, 1.82) is 0 Å². The van der Waals surface area contributed by atoms with E-state index in [-0.39, 0.29) is 5.92 Å². The fourth-order valence-corrected chi connectivity index (χ4v) is 4.48. The van der Waals surface area contributed by atoms with Crippen molar-refractivity contribution in [3.05, 3.63) is 133 Å². The fraction of sp³-hybridized carbons (Fsp3) is 0.275. The van der Waals surface area contributed by atoms with Crippen molar-refractivity contribution in [2.45, 2.75) is 60.8 Å². The van der Waals surface area contributed by atoms with E-state index in [2.05, 4.69) is 85.2 Å². The number of H-pyrrole nitrogens is 1. The van der Waals surface area contributed by atoms with Crippen LogP contribution < -0.4 is 5.73 Å². The molecule has 2 aromatic carbocycles. The van der Waals surface area contributed by atoms with Gasteiger partial charge in [-0.1, -0.05) is 91.1 Å². The Morgan fingerprint density at radius 1 is 1.00 bits per heavy atom. The lowest BCUT2D eigenvalue weighted by molar-refractivity contribution is 0.592. The van der Waals surface area contributed by atoms with Crippen molar-refractivity contribution in [3.63, 3.8) is 0 Å². The Labute approximate surface area is 267 Å². The summed E-state index contributed by atoms with van der Waals surface area (Å²) in [6.07, 6.45) is 17.0. The van der Waals surface area contributed by atoms with Crippen molar-refractivity contribution in [2.24, 2.45) is 0 Å². The largest absolute Gasteiger partial charge is 0.399 e. The van der Waals surface area contributed by atoms with Crippen molar-refractivity contribution in [1.82, 2.24) is 14.9 Å². The molecule has 0 bridgehead atoms. The second-order valence-corrected chi connectivity index (χ2v) is 9.93. The normalized spacial score (nSPS) is 11.5. The third-order valence-electron chi connectivity index (χ3n) is 6.67. The van der Waals surface area contributed by atoms with E-state index in [1.54, 1.807) is 0 Å². The van der Waals surface area contributed by atoms with Crippen LogP contribution >= 0.6 is 0 Å². The Kier molecular flexibility index (Phi) is 17.3. The zero-order chi connectivity index (χ0) is 33.1. The Balaban J connectivity index is 0.000000433. The summed E-state index contributed by atoms with van der Waals surface area (Å²) >= 11 is 0. The quantitative estimate of drug-likeness (QED) is 0.151. The molecule has 0 saturated heterocycles. The Morgan fingerprint density at radius 2 is 1.73 bits per heavy atom. The minimum Gasteiger partial charge on any atom is -0.399 e. The van der Waals surface area contributed by atoms with Gasteiger partial charge in [-0.3, -0.25) is 4.98 Å². The number of fused-ring (bicyclic) bond motifs is 1. The SMILES string of the molecule is C=C/C=C\C(C)c1cc(/C(=C/C=C)N(C)C)cc(-c2ccccn2)c1.CC.CC.CC/C=C\c1[nH]c2ccc(N)cc2c1C. The van der Waals surface area contributed by atoms with Crippen LogP contribution in [-0.4, -0.2) is 29.0 Å². The topological polar surface area (TPSA) is 57.9 Å². The number of nitrogens with two attached hydrogens (primary N) is 1. The van der Waals surface area contributed by atoms with E-state index in [1.165, 1.54) is 22.2 Å². The molecule has 0 amide bonds. The molecule has 1 unspecified atom stereocenters. The number of nitrogens with zero attached hydrogens (tertiary/aromatic N) is 2. The van der Waals surface area contributed by atoms with Gasteiger partial charge in [-0.05, 0) is 96.6 Å². The summed E-state index contributed by atoms with van der Waals surface area (Å²) in [6.45, 7) is 22.0. The number of benzene rings is 2. The van der Waals surface area contributed by atoms with Crippen LogP contribution in [-0.2, 0) is 0 Å². The average Bonchev–Trinajstić information content (AvgIpc) is 3.37. The van der Waals surface area contributed by atoms with Gasteiger partial charge in [0.15, 0.2) is 0 Å². The van der Waals surface area contributed by atoms with Crippen LogP contribution in [0, 0.1) is 6.92 Å². The maximum Gasteiger partial charge on any atom is 0.0702 e. The number of nitrogen functional groups attached to an aromatic ring is 1. The first-order valence-corrected chi connectivity index (χ1v) is 15.7. The molecule has 0 spiro atoms. The number of hydrogen-bond acceptors (Lipinski definition) is 3. The van der Waals surface area contributed by atoms with Gasteiger partial charge in [-0.15, -0.1) is 0 Å². The van der Waals surface area contributed by atoms with E-state index < -0.39 is 0 Å². The number of aryl methyl sites for hydroxylation is 1. The third kappa shape index (κ3) is 10.9.